The maximum absolute atomic E-state index is 10.3. The van der Waals surface area contributed by atoms with Crippen LogP contribution in [0.15, 0.2) is 18.3 Å². The average Bonchev–Trinajstić information content (AvgIpc) is 2.05. The van der Waals surface area contributed by atoms with Crippen LogP contribution in [0.3, 0.4) is 0 Å². The summed E-state index contributed by atoms with van der Waals surface area (Å²) < 4.78 is 0. The second kappa shape index (κ2) is 3.25. The molecular weight excluding hydrogens is 140 g/mol. The standard InChI is InChI=1S/C8H10N2O/c1-6(9)8-4-7(5-11)2-3-10-8/h2-6H,9H2,1H3/t6-/m1/s1. The number of aromatic nitrogens is 1. The quantitative estimate of drug-likeness (QED) is 0.637. The lowest BCUT2D eigenvalue weighted by atomic mass is 10.2. The third-order valence-electron chi connectivity index (χ3n) is 1.41. The van der Waals surface area contributed by atoms with Gasteiger partial charge in [0.2, 0.25) is 0 Å². The van der Waals surface area contributed by atoms with Crippen molar-refractivity contribution < 1.29 is 4.79 Å². The molecule has 0 aliphatic rings. The monoisotopic (exact) mass is 150 g/mol. The first kappa shape index (κ1) is 7.88. The van der Waals surface area contributed by atoms with Gasteiger partial charge in [-0.3, -0.25) is 9.78 Å². The molecule has 0 unspecified atom stereocenters. The first-order valence-electron chi connectivity index (χ1n) is 3.40. The Labute approximate surface area is 65.2 Å². The van der Waals surface area contributed by atoms with Crippen LogP contribution in [0.4, 0.5) is 0 Å². The molecule has 58 valence electrons. The Bertz CT molecular complexity index is 258. The van der Waals surface area contributed by atoms with Gasteiger partial charge in [-0.1, -0.05) is 0 Å². The Balaban J connectivity index is 3.00. The molecule has 0 saturated carbocycles. The Hall–Kier alpha value is -1.22. The van der Waals surface area contributed by atoms with Crippen LogP contribution >= 0.6 is 0 Å². The second-order valence-corrected chi connectivity index (χ2v) is 2.42. The van der Waals surface area contributed by atoms with Gasteiger partial charge in [-0.25, -0.2) is 0 Å². The molecule has 0 amide bonds. The molecule has 0 bridgehead atoms. The zero-order valence-electron chi connectivity index (χ0n) is 6.32. The number of carbonyl (C=O) groups excluding carboxylic acids is 1. The summed E-state index contributed by atoms with van der Waals surface area (Å²) in [6.07, 6.45) is 2.37. The summed E-state index contributed by atoms with van der Waals surface area (Å²) in [6.45, 7) is 1.83. The lowest BCUT2D eigenvalue weighted by Gasteiger charge is -2.02. The number of hydrogen-bond donors (Lipinski definition) is 1. The van der Waals surface area contributed by atoms with Gasteiger partial charge in [0.15, 0.2) is 0 Å². The molecule has 0 aromatic carbocycles. The summed E-state index contributed by atoms with van der Waals surface area (Å²) in [4.78, 5) is 14.3. The van der Waals surface area contributed by atoms with Gasteiger partial charge in [0.05, 0.1) is 5.69 Å². The summed E-state index contributed by atoms with van der Waals surface area (Å²) in [6, 6.07) is 3.23. The largest absolute Gasteiger partial charge is 0.323 e. The number of nitrogens with two attached hydrogens (primary N) is 1. The van der Waals surface area contributed by atoms with E-state index in [9.17, 15) is 4.79 Å². The normalized spacial score (nSPS) is 12.5. The average molecular weight is 150 g/mol. The summed E-state index contributed by atoms with van der Waals surface area (Å²) in [5.74, 6) is 0. The molecule has 0 spiro atoms. The highest BCUT2D eigenvalue weighted by Crippen LogP contribution is 2.06. The molecule has 1 atom stereocenters. The van der Waals surface area contributed by atoms with Gasteiger partial charge in [-0.2, -0.15) is 0 Å². The predicted octanol–water partition coefficient (Wildman–Crippen LogP) is 0.914. The van der Waals surface area contributed by atoms with E-state index in [4.69, 9.17) is 5.73 Å². The second-order valence-electron chi connectivity index (χ2n) is 2.42. The van der Waals surface area contributed by atoms with Crippen LogP contribution in [-0.2, 0) is 0 Å². The molecule has 0 fully saturated rings. The Morgan fingerprint density at radius 1 is 1.73 bits per heavy atom. The lowest BCUT2D eigenvalue weighted by Crippen LogP contribution is -2.07. The van der Waals surface area contributed by atoms with Crippen molar-refractivity contribution in [2.24, 2.45) is 5.73 Å². The van der Waals surface area contributed by atoms with Crippen LogP contribution in [-0.4, -0.2) is 11.3 Å². The molecule has 1 aromatic rings. The summed E-state index contributed by atoms with van der Waals surface area (Å²) in [5.41, 5.74) is 6.92. The van der Waals surface area contributed by atoms with E-state index >= 15 is 0 Å². The molecule has 1 aromatic heterocycles. The van der Waals surface area contributed by atoms with Gasteiger partial charge in [-0.05, 0) is 19.1 Å². The van der Waals surface area contributed by atoms with E-state index in [-0.39, 0.29) is 6.04 Å². The van der Waals surface area contributed by atoms with E-state index in [1.165, 1.54) is 0 Å². The Morgan fingerprint density at radius 3 is 3.00 bits per heavy atom. The molecule has 1 heterocycles. The van der Waals surface area contributed by atoms with Crippen LogP contribution in [0, 0.1) is 0 Å². The van der Waals surface area contributed by atoms with Crippen molar-refractivity contribution in [3.63, 3.8) is 0 Å². The molecule has 11 heavy (non-hydrogen) atoms. The Kier molecular flexibility index (Phi) is 2.33. The molecule has 0 aliphatic heterocycles. The fourth-order valence-corrected chi connectivity index (χ4v) is 0.788. The minimum Gasteiger partial charge on any atom is -0.323 e. The fourth-order valence-electron chi connectivity index (χ4n) is 0.788. The van der Waals surface area contributed by atoms with Gasteiger partial charge < -0.3 is 5.73 Å². The summed E-state index contributed by atoms with van der Waals surface area (Å²) >= 11 is 0. The smallest absolute Gasteiger partial charge is 0.150 e. The van der Waals surface area contributed by atoms with Crippen molar-refractivity contribution in [2.45, 2.75) is 13.0 Å². The van der Waals surface area contributed by atoms with Crippen molar-refractivity contribution in [1.29, 1.82) is 0 Å². The molecule has 0 aliphatic carbocycles. The van der Waals surface area contributed by atoms with Crippen LogP contribution in [0.25, 0.3) is 0 Å². The minimum absolute atomic E-state index is 0.116. The highest BCUT2D eigenvalue weighted by molar-refractivity contribution is 5.74. The molecule has 3 nitrogen and oxygen atoms in total. The van der Waals surface area contributed by atoms with E-state index in [1.807, 2.05) is 6.92 Å². The third-order valence-corrected chi connectivity index (χ3v) is 1.41. The molecule has 3 heteroatoms. The van der Waals surface area contributed by atoms with Crippen LogP contribution < -0.4 is 5.73 Å². The fraction of sp³-hybridized carbons (Fsp3) is 0.250. The molecule has 0 saturated heterocycles. The van der Waals surface area contributed by atoms with Crippen molar-refractivity contribution >= 4 is 6.29 Å². The summed E-state index contributed by atoms with van der Waals surface area (Å²) in [5, 5.41) is 0. The van der Waals surface area contributed by atoms with Gasteiger partial charge in [0.1, 0.15) is 6.29 Å². The van der Waals surface area contributed by atoms with E-state index in [2.05, 4.69) is 4.98 Å². The first-order chi connectivity index (χ1) is 5.24. The van der Waals surface area contributed by atoms with Crippen molar-refractivity contribution in [3.8, 4) is 0 Å². The van der Waals surface area contributed by atoms with Gasteiger partial charge in [-0.15, -0.1) is 0 Å². The number of nitrogens with zero attached hydrogens (tertiary/aromatic N) is 1. The number of rotatable bonds is 2. The first-order valence-corrected chi connectivity index (χ1v) is 3.40. The number of hydrogen-bond acceptors (Lipinski definition) is 3. The maximum atomic E-state index is 10.3. The topological polar surface area (TPSA) is 56.0 Å². The zero-order chi connectivity index (χ0) is 8.27. The van der Waals surface area contributed by atoms with E-state index in [0.29, 0.717) is 5.56 Å². The van der Waals surface area contributed by atoms with E-state index < -0.39 is 0 Å². The Morgan fingerprint density at radius 2 is 2.45 bits per heavy atom. The predicted molar refractivity (Wildman–Crippen MR) is 42.2 cm³/mol. The third kappa shape index (κ3) is 1.85. The van der Waals surface area contributed by atoms with E-state index in [0.717, 1.165) is 12.0 Å². The SMILES string of the molecule is C[C@@H](N)c1cc(C=O)ccn1. The lowest BCUT2D eigenvalue weighted by molar-refractivity contribution is 0.112. The van der Waals surface area contributed by atoms with Crippen molar-refractivity contribution in [2.75, 3.05) is 0 Å². The number of pyridine rings is 1. The van der Waals surface area contributed by atoms with Gasteiger partial charge in [0.25, 0.3) is 0 Å². The highest BCUT2D eigenvalue weighted by atomic mass is 16.1. The van der Waals surface area contributed by atoms with Gasteiger partial charge >= 0.3 is 0 Å². The van der Waals surface area contributed by atoms with Crippen LogP contribution in [0.1, 0.15) is 29.0 Å². The van der Waals surface area contributed by atoms with Gasteiger partial charge in [0, 0.05) is 17.8 Å². The highest BCUT2D eigenvalue weighted by Gasteiger charge is 2.00. The molecule has 0 radical (unpaired) electrons. The number of carbonyl (C=O) groups is 1. The van der Waals surface area contributed by atoms with Crippen LogP contribution in [0.5, 0.6) is 0 Å². The molecule has 2 N–H and O–H groups in total. The molecule has 1 rings (SSSR count). The minimum atomic E-state index is -0.116. The summed E-state index contributed by atoms with van der Waals surface area (Å²) in [7, 11) is 0. The van der Waals surface area contributed by atoms with Crippen molar-refractivity contribution in [3.05, 3.63) is 29.6 Å². The van der Waals surface area contributed by atoms with Crippen molar-refractivity contribution in [1.82, 2.24) is 4.98 Å². The number of aldehydes is 1. The van der Waals surface area contributed by atoms with Crippen LogP contribution in [0.2, 0.25) is 0 Å². The molecular formula is C8H10N2O. The maximum Gasteiger partial charge on any atom is 0.150 e. The zero-order valence-corrected chi connectivity index (χ0v) is 6.32. The van der Waals surface area contributed by atoms with E-state index in [1.54, 1.807) is 18.3 Å².